The highest BCUT2D eigenvalue weighted by atomic mass is 32.2. The van der Waals surface area contributed by atoms with Crippen molar-refractivity contribution in [2.45, 2.75) is 29.6 Å². The smallest absolute Gasteiger partial charge is 0.267 e. The molecule has 0 aromatic heterocycles. The maximum Gasteiger partial charge on any atom is 0.269 e. The maximum atomic E-state index is 12.5. The Morgan fingerprint density at radius 1 is 0.781 bits per heavy atom. The second kappa shape index (κ2) is 9.77. The first-order valence-electron chi connectivity index (χ1n) is 9.96. The van der Waals surface area contributed by atoms with Gasteiger partial charge in [-0.25, -0.2) is 21.6 Å². The number of nitrogens with zero attached hydrogens (tertiary/aromatic N) is 1. The molecule has 12 heteroatoms. The number of hydrogen-bond acceptors (Lipinski definition) is 6. The van der Waals surface area contributed by atoms with Gasteiger partial charge in [0.05, 0.1) is 9.79 Å². The number of nitrogens with one attached hydrogen (secondary N) is 3. The van der Waals surface area contributed by atoms with E-state index < -0.39 is 31.9 Å². The quantitative estimate of drug-likeness (QED) is 0.502. The highest BCUT2D eigenvalue weighted by Crippen LogP contribution is 2.21. The third kappa shape index (κ3) is 5.33. The largest absolute Gasteiger partial charge is 0.269 e. The Morgan fingerprint density at radius 2 is 1.22 bits per heavy atom. The van der Waals surface area contributed by atoms with Gasteiger partial charge >= 0.3 is 0 Å². The third-order valence-corrected chi connectivity index (χ3v) is 8.34. The van der Waals surface area contributed by atoms with Gasteiger partial charge in [0.1, 0.15) is 0 Å². The minimum absolute atomic E-state index is 0.0175. The van der Waals surface area contributed by atoms with Crippen LogP contribution < -0.4 is 15.6 Å². The summed E-state index contributed by atoms with van der Waals surface area (Å²) in [5.41, 5.74) is 4.80. The van der Waals surface area contributed by atoms with Crippen LogP contribution in [0.1, 0.15) is 40.5 Å². The number of hydrazine groups is 1. The molecule has 1 fully saturated rings. The predicted molar refractivity (Wildman–Crippen MR) is 117 cm³/mol. The average Bonchev–Trinajstić information content (AvgIpc) is 3.33. The van der Waals surface area contributed by atoms with Crippen LogP contribution in [0.4, 0.5) is 0 Å². The molecular weight excluding hydrogens is 456 g/mol. The van der Waals surface area contributed by atoms with Gasteiger partial charge < -0.3 is 0 Å². The minimum Gasteiger partial charge on any atom is -0.267 e. The van der Waals surface area contributed by atoms with E-state index in [9.17, 15) is 26.4 Å². The number of amides is 2. The second-order valence-corrected chi connectivity index (χ2v) is 10.8. The number of carbonyl (C=O) groups is 2. The Hall–Kier alpha value is -2.80. The number of carbonyl (C=O) groups excluding carboxylic acids is 2. The van der Waals surface area contributed by atoms with E-state index in [4.69, 9.17) is 0 Å². The molecule has 0 unspecified atom stereocenters. The van der Waals surface area contributed by atoms with Crippen molar-refractivity contribution in [1.29, 1.82) is 0 Å². The molecule has 0 atom stereocenters. The molecule has 3 rings (SSSR count). The average molecular weight is 481 g/mol. The fraction of sp³-hybridized carbons (Fsp3) is 0.300. The topological polar surface area (TPSA) is 142 Å². The molecule has 2 aromatic carbocycles. The Bertz CT molecular complexity index is 1190. The van der Waals surface area contributed by atoms with Gasteiger partial charge in [-0.2, -0.15) is 4.31 Å². The number of hydrogen-bond donors (Lipinski definition) is 3. The zero-order valence-corrected chi connectivity index (χ0v) is 19.0. The summed E-state index contributed by atoms with van der Waals surface area (Å²) in [7, 11) is -7.21. The van der Waals surface area contributed by atoms with Crippen LogP contribution in [0.15, 0.2) is 58.3 Å². The van der Waals surface area contributed by atoms with E-state index in [1.54, 1.807) is 6.92 Å². The highest BCUT2D eigenvalue weighted by Gasteiger charge is 2.27. The second-order valence-electron chi connectivity index (χ2n) is 7.07. The van der Waals surface area contributed by atoms with Crippen LogP contribution in [-0.4, -0.2) is 52.6 Å². The Morgan fingerprint density at radius 3 is 1.66 bits per heavy atom. The monoisotopic (exact) mass is 480 g/mol. The van der Waals surface area contributed by atoms with Gasteiger partial charge in [0.15, 0.2) is 0 Å². The molecule has 0 spiro atoms. The number of sulfonamides is 2. The molecule has 2 amide bonds. The standard InChI is InChI=1S/C20H24N4O6S2/c1-2-21-31(27,28)17-9-5-15(6-10-17)19(25)22-23-20(26)16-7-11-18(12-8-16)32(29,30)24-13-3-4-14-24/h5-12,21H,2-4,13-14H2,1H3,(H,22,25)(H,23,26). The van der Waals surface area contributed by atoms with Crippen LogP contribution >= 0.6 is 0 Å². The zero-order valence-electron chi connectivity index (χ0n) is 17.4. The zero-order chi connectivity index (χ0) is 23.4. The molecule has 1 aliphatic rings. The third-order valence-electron chi connectivity index (χ3n) is 4.87. The summed E-state index contributed by atoms with van der Waals surface area (Å²) in [5.74, 6) is -1.27. The van der Waals surface area contributed by atoms with E-state index in [1.807, 2.05) is 0 Å². The molecule has 0 radical (unpaired) electrons. The van der Waals surface area contributed by atoms with E-state index in [0.717, 1.165) is 12.8 Å². The highest BCUT2D eigenvalue weighted by molar-refractivity contribution is 7.89. The Labute approximate surface area is 187 Å². The summed E-state index contributed by atoms with van der Waals surface area (Å²) >= 11 is 0. The van der Waals surface area contributed by atoms with Gasteiger partial charge in [-0.05, 0) is 61.4 Å². The summed E-state index contributed by atoms with van der Waals surface area (Å²) in [6.45, 7) is 2.86. The molecule has 3 N–H and O–H groups in total. The van der Waals surface area contributed by atoms with Crippen LogP contribution in [0.25, 0.3) is 0 Å². The van der Waals surface area contributed by atoms with Gasteiger partial charge in [0.2, 0.25) is 20.0 Å². The SMILES string of the molecule is CCNS(=O)(=O)c1ccc(C(=O)NNC(=O)c2ccc(S(=O)(=O)N3CCCC3)cc2)cc1. The van der Waals surface area contributed by atoms with Crippen molar-refractivity contribution in [1.82, 2.24) is 19.9 Å². The lowest BCUT2D eigenvalue weighted by Gasteiger charge is -2.15. The normalized spacial score (nSPS) is 14.8. The predicted octanol–water partition coefficient (Wildman–Crippen LogP) is 0.844. The van der Waals surface area contributed by atoms with Gasteiger partial charge in [-0.15, -0.1) is 0 Å². The molecule has 1 heterocycles. The van der Waals surface area contributed by atoms with Gasteiger partial charge in [-0.3, -0.25) is 20.4 Å². The maximum absolute atomic E-state index is 12.5. The van der Waals surface area contributed by atoms with Crippen molar-refractivity contribution in [3.05, 3.63) is 59.7 Å². The molecular formula is C20H24N4O6S2. The Balaban J connectivity index is 1.60. The van der Waals surface area contributed by atoms with Gasteiger partial charge in [-0.1, -0.05) is 6.92 Å². The minimum atomic E-state index is -3.63. The van der Waals surface area contributed by atoms with E-state index >= 15 is 0 Å². The fourth-order valence-electron chi connectivity index (χ4n) is 3.17. The van der Waals surface area contributed by atoms with Crippen molar-refractivity contribution in [3.63, 3.8) is 0 Å². The van der Waals surface area contributed by atoms with Crippen LogP contribution in [0, 0.1) is 0 Å². The van der Waals surface area contributed by atoms with Crippen LogP contribution in [0.5, 0.6) is 0 Å². The summed E-state index contributed by atoms with van der Waals surface area (Å²) in [6, 6.07) is 10.7. The van der Waals surface area contributed by atoms with E-state index in [1.165, 1.54) is 52.8 Å². The molecule has 172 valence electrons. The summed E-state index contributed by atoms with van der Waals surface area (Å²) < 4.78 is 52.7. The molecule has 32 heavy (non-hydrogen) atoms. The number of rotatable bonds is 7. The van der Waals surface area contributed by atoms with Crippen LogP contribution in [0.3, 0.4) is 0 Å². The first-order valence-corrected chi connectivity index (χ1v) is 12.9. The molecule has 0 bridgehead atoms. The first kappa shape index (κ1) is 23.9. The molecule has 2 aromatic rings. The van der Waals surface area contributed by atoms with E-state index in [2.05, 4.69) is 15.6 Å². The van der Waals surface area contributed by atoms with Crippen molar-refractivity contribution in [2.24, 2.45) is 0 Å². The summed E-state index contributed by atoms with van der Waals surface area (Å²) in [4.78, 5) is 24.6. The van der Waals surface area contributed by atoms with Crippen molar-refractivity contribution >= 4 is 31.9 Å². The first-order chi connectivity index (χ1) is 15.1. The molecule has 0 saturated carbocycles. The lowest BCUT2D eigenvalue weighted by Crippen LogP contribution is -2.41. The van der Waals surface area contributed by atoms with Crippen LogP contribution in [-0.2, 0) is 20.0 Å². The van der Waals surface area contributed by atoms with E-state index in [0.29, 0.717) is 13.1 Å². The Kier molecular flexibility index (Phi) is 7.29. The molecule has 0 aliphatic carbocycles. The van der Waals surface area contributed by atoms with Crippen molar-refractivity contribution < 1.29 is 26.4 Å². The van der Waals surface area contributed by atoms with Crippen molar-refractivity contribution in [3.8, 4) is 0 Å². The van der Waals surface area contributed by atoms with Crippen molar-refractivity contribution in [2.75, 3.05) is 19.6 Å². The van der Waals surface area contributed by atoms with Gasteiger partial charge in [0.25, 0.3) is 11.8 Å². The summed E-state index contributed by atoms with van der Waals surface area (Å²) in [6.07, 6.45) is 1.65. The van der Waals surface area contributed by atoms with Gasteiger partial charge in [0, 0.05) is 30.8 Å². The van der Waals surface area contributed by atoms with E-state index in [-0.39, 0.29) is 27.5 Å². The lowest BCUT2D eigenvalue weighted by molar-refractivity contribution is 0.0846. The van der Waals surface area contributed by atoms with Crippen LogP contribution in [0.2, 0.25) is 0 Å². The lowest BCUT2D eigenvalue weighted by atomic mass is 10.2. The molecule has 10 nitrogen and oxygen atoms in total. The number of benzene rings is 2. The molecule has 1 aliphatic heterocycles. The molecule has 1 saturated heterocycles. The summed E-state index contributed by atoms with van der Waals surface area (Å²) in [5, 5.41) is 0. The fourth-order valence-corrected chi connectivity index (χ4v) is 5.73.